The molecule has 0 aliphatic heterocycles. The van der Waals surface area contributed by atoms with Crippen LogP contribution in [0.25, 0.3) is 0 Å². The normalized spacial score (nSPS) is 10.9. The molecule has 0 saturated carbocycles. The van der Waals surface area contributed by atoms with Crippen LogP contribution in [0, 0.1) is 5.92 Å². The lowest BCUT2D eigenvalue weighted by Gasteiger charge is -2.21. The third-order valence-electron chi connectivity index (χ3n) is 2.62. The van der Waals surface area contributed by atoms with Gasteiger partial charge >= 0.3 is 0 Å². The summed E-state index contributed by atoms with van der Waals surface area (Å²) >= 11 is 12.0. The lowest BCUT2D eigenvalue weighted by atomic mass is 10.1. The Morgan fingerprint density at radius 1 is 1.31 bits per heavy atom. The Kier molecular flexibility index (Phi) is 5.43. The van der Waals surface area contributed by atoms with Crippen molar-refractivity contribution in [2.24, 2.45) is 5.92 Å². The molecule has 0 aromatic heterocycles. The standard InChI is InChI=1S/C13H19Cl2N/c1-10(2)6-7-16(3)13-5-4-11(9-14)8-12(13)15/h4-5,8,10H,6-7,9H2,1-3H3. The minimum atomic E-state index is 0.510. The van der Waals surface area contributed by atoms with Gasteiger partial charge in [-0.15, -0.1) is 11.6 Å². The van der Waals surface area contributed by atoms with Gasteiger partial charge in [0.25, 0.3) is 0 Å². The largest absolute Gasteiger partial charge is 0.373 e. The van der Waals surface area contributed by atoms with E-state index in [0.717, 1.165) is 22.8 Å². The molecule has 0 bridgehead atoms. The van der Waals surface area contributed by atoms with E-state index >= 15 is 0 Å². The first kappa shape index (κ1) is 13.7. The summed E-state index contributed by atoms with van der Waals surface area (Å²) in [6, 6.07) is 6.01. The van der Waals surface area contributed by atoms with Crippen molar-refractivity contribution in [3.05, 3.63) is 28.8 Å². The van der Waals surface area contributed by atoms with Crippen molar-refractivity contribution in [2.45, 2.75) is 26.1 Å². The van der Waals surface area contributed by atoms with Gasteiger partial charge in [0.1, 0.15) is 0 Å². The van der Waals surface area contributed by atoms with Gasteiger partial charge in [0.05, 0.1) is 10.7 Å². The summed E-state index contributed by atoms with van der Waals surface area (Å²) in [5.41, 5.74) is 2.14. The zero-order valence-corrected chi connectivity index (χ0v) is 11.6. The molecule has 90 valence electrons. The van der Waals surface area contributed by atoms with Gasteiger partial charge < -0.3 is 4.90 Å². The fraction of sp³-hybridized carbons (Fsp3) is 0.538. The molecule has 3 heteroatoms. The molecule has 1 aromatic carbocycles. The Morgan fingerprint density at radius 3 is 2.50 bits per heavy atom. The van der Waals surface area contributed by atoms with Crippen LogP contribution in [0.3, 0.4) is 0 Å². The zero-order valence-electron chi connectivity index (χ0n) is 10.1. The number of anilines is 1. The summed E-state index contributed by atoms with van der Waals surface area (Å²) in [5.74, 6) is 1.22. The molecule has 0 atom stereocenters. The smallest absolute Gasteiger partial charge is 0.0642 e. The SMILES string of the molecule is CC(C)CCN(C)c1ccc(CCl)cc1Cl. The third-order valence-corrected chi connectivity index (χ3v) is 3.23. The lowest BCUT2D eigenvalue weighted by Crippen LogP contribution is -2.20. The van der Waals surface area contributed by atoms with Crippen LogP contribution in [0.2, 0.25) is 5.02 Å². The van der Waals surface area contributed by atoms with Crippen molar-refractivity contribution in [1.82, 2.24) is 0 Å². The van der Waals surface area contributed by atoms with Gasteiger partial charge in [0, 0.05) is 19.5 Å². The minimum Gasteiger partial charge on any atom is -0.373 e. The Balaban J connectivity index is 2.71. The maximum atomic E-state index is 6.22. The molecule has 0 N–H and O–H groups in total. The van der Waals surface area contributed by atoms with E-state index in [4.69, 9.17) is 23.2 Å². The van der Waals surface area contributed by atoms with Crippen molar-refractivity contribution < 1.29 is 0 Å². The highest BCUT2D eigenvalue weighted by atomic mass is 35.5. The van der Waals surface area contributed by atoms with Gasteiger partial charge in [-0.05, 0) is 30.0 Å². The first-order chi connectivity index (χ1) is 7.54. The average Bonchev–Trinajstić information content (AvgIpc) is 2.25. The summed E-state index contributed by atoms with van der Waals surface area (Å²) in [4.78, 5) is 2.19. The summed E-state index contributed by atoms with van der Waals surface area (Å²) < 4.78 is 0. The fourth-order valence-corrected chi connectivity index (χ4v) is 2.03. The van der Waals surface area contributed by atoms with Gasteiger partial charge in [0.15, 0.2) is 0 Å². The summed E-state index contributed by atoms with van der Waals surface area (Å²) in [6.45, 7) is 5.48. The van der Waals surface area contributed by atoms with Gasteiger partial charge in [-0.2, -0.15) is 0 Å². The van der Waals surface area contributed by atoms with Crippen LogP contribution in [0.4, 0.5) is 5.69 Å². The fourth-order valence-electron chi connectivity index (χ4n) is 1.52. The maximum absolute atomic E-state index is 6.22. The van der Waals surface area contributed by atoms with E-state index in [1.54, 1.807) is 0 Å². The summed E-state index contributed by atoms with van der Waals surface area (Å²) in [7, 11) is 2.07. The molecule has 1 rings (SSSR count). The van der Waals surface area contributed by atoms with Crippen LogP contribution in [0.15, 0.2) is 18.2 Å². The number of halogens is 2. The van der Waals surface area contributed by atoms with Crippen LogP contribution >= 0.6 is 23.2 Å². The van der Waals surface area contributed by atoms with E-state index in [-0.39, 0.29) is 0 Å². The average molecular weight is 260 g/mol. The zero-order chi connectivity index (χ0) is 12.1. The monoisotopic (exact) mass is 259 g/mol. The number of nitrogens with zero attached hydrogens (tertiary/aromatic N) is 1. The summed E-state index contributed by atoms with van der Waals surface area (Å²) in [6.07, 6.45) is 1.17. The number of rotatable bonds is 5. The molecule has 0 aliphatic rings. The second-order valence-corrected chi connectivity index (χ2v) is 5.20. The van der Waals surface area contributed by atoms with Gasteiger partial charge in [-0.3, -0.25) is 0 Å². The Morgan fingerprint density at radius 2 is 2.00 bits per heavy atom. The molecule has 0 fully saturated rings. The number of alkyl halides is 1. The van der Waals surface area contributed by atoms with E-state index in [9.17, 15) is 0 Å². The van der Waals surface area contributed by atoms with Crippen LogP contribution in [0.5, 0.6) is 0 Å². The third kappa shape index (κ3) is 3.88. The van der Waals surface area contributed by atoms with Gasteiger partial charge in [0.2, 0.25) is 0 Å². The molecule has 1 aromatic rings. The van der Waals surface area contributed by atoms with Crippen LogP contribution in [0.1, 0.15) is 25.8 Å². The van der Waals surface area contributed by atoms with Crippen molar-refractivity contribution in [2.75, 3.05) is 18.5 Å². The molecule has 0 aliphatic carbocycles. The highest BCUT2D eigenvalue weighted by Gasteiger charge is 2.07. The molecule has 16 heavy (non-hydrogen) atoms. The van der Waals surface area contributed by atoms with Gasteiger partial charge in [-0.25, -0.2) is 0 Å². The van der Waals surface area contributed by atoms with E-state index in [0.29, 0.717) is 11.8 Å². The number of hydrogen-bond acceptors (Lipinski definition) is 1. The summed E-state index contributed by atoms with van der Waals surface area (Å²) in [5, 5.41) is 0.782. The molecule has 0 amide bonds. The molecular weight excluding hydrogens is 241 g/mol. The molecule has 1 nitrogen and oxygen atoms in total. The predicted molar refractivity (Wildman–Crippen MR) is 73.7 cm³/mol. The molecule has 0 saturated heterocycles. The highest BCUT2D eigenvalue weighted by Crippen LogP contribution is 2.27. The number of benzene rings is 1. The molecular formula is C13H19Cl2N. The quantitative estimate of drug-likeness (QED) is 0.701. The van der Waals surface area contributed by atoms with E-state index in [1.165, 1.54) is 6.42 Å². The van der Waals surface area contributed by atoms with Crippen molar-refractivity contribution in [3.63, 3.8) is 0 Å². The molecule has 0 heterocycles. The van der Waals surface area contributed by atoms with Crippen molar-refractivity contribution in [3.8, 4) is 0 Å². The second-order valence-electron chi connectivity index (χ2n) is 4.52. The van der Waals surface area contributed by atoms with Crippen molar-refractivity contribution in [1.29, 1.82) is 0 Å². The van der Waals surface area contributed by atoms with Crippen LogP contribution < -0.4 is 4.90 Å². The first-order valence-electron chi connectivity index (χ1n) is 5.60. The molecule has 0 spiro atoms. The second kappa shape index (κ2) is 6.36. The first-order valence-corrected chi connectivity index (χ1v) is 6.51. The Labute approximate surface area is 108 Å². The number of hydrogen-bond donors (Lipinski definition) is 0. The van der Waals surface area contributed by atoms with E-state index in [2.05, 4.69) is 25.8 Å². The highest BCUT2D eigenvalue weighted by molar-refractivity contribution is 6.33. The van der Waals surface area contributed by atoms with E-state index < -0.39 is 0 Å². The Hall–Kier alpha value is -0.400. The topological polar surface area (TPSA) is 3.24 Å². The van der Waals surface area contributed by atoms with Crippen LogP contribution in [-0.2, 0) is 5.88 Å². The predicted octanol–water partition coefficient (Wildman–Crippen LogP) is 4.56. The molecule has 0 unspecified atom stereocenters. The van der Waals surface area contributed by atoms with Gasteiger partial charge in [-0.1, -0.05) is 31.5 Å². The lowest BCUT2D eigenvalue weighted by molar-refractivity contribution is 0.585. The maximum Gasteiger partial charge on any atom is 0.0642 e. The molecule has 0 radical (unpaired) electrons. The van der Waals surface area contributed by atoms with E-state index in [1.807, 2.05) is 18.2 Å². The van der Waals surface area contributed by atoms with Crippen molar-refractivity contribution >= 4 is 28.9 Å². The minimum absolute atomic E-state index is 0.510. The van der Waals surface area contributed by atoms with Crippen LogP contribution in [-0.4, -0.2) is 13.6 Å². The Bertz CT molecular complexity index is 337.